The Bertz CT molecular complexity index is 670. The fraction of sp³-hybridized carbons (Fsp3) is 0. The molecule has 0 aliphatic heterocycles. The molecule has 2 aromatic rings. The van der Waals surface area contributed by atoms with Gasteiger partial charge in [-0.05, 0) is 29.8 Å². The van der Waals surface area contributed by atoms with E-state index < -0.39 is 5.97 Å². The van der Waals surface area contributed by atoms with Crippen LogP contribution in [0.5, 0.6) is 0 Å². The highest BCUT2D eigenvalue weighted by atomic mass is 16.4. The average Bonchev–Trinajstić information content (AvgIpc) is 2.45. The summed E-state index contributed by atoms with van der Waals surface area (Å²) in [5.74, 6) is -1.03. The van der Waals surface area contributed by atoms with E-state index in [-0.39, 0.29) is 5.57 Å². The maximum Gasteiger partial charge on any atom is 0.336 e. The second-order valence-electron chi connectivity index (χ2n) is 3.84. The van der Waals surface area contributed by atoms with Crippen LogP contribution in [0, 0.1) is 11.3 Å². The molecule has 0 saturated heterocycles. The van der Waals surface area contributed by atoms with Gasteiger partial charge in [0.05, 0.1) is 17.2 Å². The highest BCUT2D eigenvalue weighted by Gasteiger charge is 2.10. The van der Waals surface area contributed by atoms with Crippen LogP contribution in [0.25, 0.3) is 11.6 Å². The number of nitriles is 1. The number of benzene rings is 1. The van der Waals surface area contributed by atoms with Crippen molar-refractivity contribution in [2.75, 3.05) is 0 Å². The van der Waals surface area contributed by atoms with Crippen molar-refractivity contribution in [2.45, 2.75) is 0 Å². The van der Waals surface area contributed by atoms with Gasteiger partial charge in [-0.3, -0.25) is 4.98 Å². The van der Waals surface area contributed by atoms with Crippen LogP contribution in [-0.2, 0) is 4.79 Å². The number of carbonyl (C=O) groups is 1. The summed E-state index contributed by atoms with van der Waals surface area (Å²) in [6.45, 7) is 0. The third-order valence-electron chi connectivity index (χ3n) is 2.53. The first-order valence-electron chi connectivity index (χ1n) is 5.56. The zero-order chi connectivity index (χ0) is 13.7. The maximum absolute atomic E-state index is 11.3. The molecular formula is C15H10N2O2. The van der Waals surface area contributed by atoms with E-state index in [2.05, 4.69) is 4.98 Å². The van der Waals surface area contributed by atoms with Gasteiger partial charge in [-0.2, -0.15) is 5.26 Å². The first-order valence-corrected chi connectivity index (χ1v) is 5.56. The van der Waals surface area contributed by atoms with E-state index in [0.29, 0.717) is 16.7 Å². The summed E-state index contributed by atoms with van der Waals surface area (Å²) in [5, 5.41) is 18.1. The maximum atomic E-state index is 11.3. The molecule has 92 valence electrons. The monoisotopic (exact) mass is 250 g/mol. The number of carboxylic acids is 1. The fourth-order valence-corrected chi connectivity index (χ4v) is 1.66. The van der Waals surface area contributed by atoms with Crippen LogP contribution >= 0.6 is 0 Å². The summed E-state index contributed by atoms with van der Waals surface area (Å²) in [6, 6.07) is 12.2. The fourth-order valence-electron chi connectivity index (χ4n) is 1.66. The molecule has 4 heteroatoms. The number of carboxylic acid groups (broad SMARTS) is 1. The van der Waals surface area contributed by atoms with Gasteiger partial charge in [0, 0.05) is 18.0 Å². The van der Waals surface area contributed by atoms with Crippen molar-refractivity contribution in [1.29, 1.82) is 5.26 Å². The van der Waals surface area contributed by atoms with Crippen molar-refractivity contribution in [1.82, 2.24) is 4.98 Å². The number of rotatable bonds is 3. The van der Waals surface area contributed by atoms with E-state index in [1.807, 2.05) is 6.07 Å². The second-order valence-corrected chi connectivity index (χ2v) is 3.84. The Labute approximate surface area is 110 Å². The largest absolute Gasteiger partial charge is 0.478 e. The molecule has 0 fully saturated rings. The lowest BCUT2D eigenvalue weighted by atomic mass is 10.0. The van der Waals surface area contributed by atoms with Crippen molar-refractivity contribution >= 4 is 17.6 Å². The summed E-state index contributed by atoms with van der Waals surface area (Å²) in [7, 11) is 0. The summed E-state index contributed by atoms with van der Waals surface area (Å²) >= 11 is 0. The zero-order valence-corrected chi connectivity index (χ0v) is 9.95. The Hall–Kier alpha value is -2.93. The number of nitrogens with zero attached hydrogens (tertiary/aromatic N) is 2. The first kappa shape index (κ1) is 12.5. The Morgan fingerprint density at radius 2 is 2.16 bits per heavy atom. The van der Waals surface area contributed by atoms with Crippen molar-refractivity contribution in [3.8, 4) is 6.07 Å². The normalized spacial score (nSPS) is 10.8. The smallest absolute Gasteiger partial charge is 0.336 e. The van der Waals surface area contributed by atoms with E-state index >= 15 is 0 Å². The van der Waals surface area contributed by atoms with Crippen LogP contribution in [0.15, 0.2) is 48.8 Å². The molecule has 0 bridgehead atoms. The molecule has 1 aromatic heterocycles. The van der Waals surface area contributed by atoms with Crippen molar-refractivity contribution in [3.63, 3.8) is 0 Å². The molecule has 1 N–H and O–H groups in total. The van der Waals surface area contributed by atoms with E-state index in [9.17, 15) is 9.90 Å². The summed E-state index contributed by atoms with van der Waals surface area (Å²) in [6.07, 6.45) is 4.60. The Morgan fingerprint density at radius 1 is 1.32 bits per heavy atom. The number of aromatic nitrogens is 1. The van der Waals surface area contributed by atoms with E-state index in [1.54, 1.807) is 42.6 Å². The topological polar surface area (TPSA) is 74.0 Å². The average molecular weight is 250 g/mol. The number of hydrogen-bond acceptors (Lipinski definition) is 3. The molecule has 1 aromatic carbocycles. The van der Waals surface area contributed by atoms with Gasteiger partial charge in [-0.15, -0.1) is 0 Å². The Balaban J connectivity index is 2.48. The predicted octanol–water partition coefficient (Wildman–Crippen LogP) is 2.58. The predicted molar refractivity (Wildman–Crippen MR) is 70.9 cm³/mol. The van der Waals surface area contributed by atoms with Crippen molar-refractivity contribution in [3.05, 3.63) is 65.5 Å². The van der Waals surface area contributed by atoms with Crippen LogP contribution in [0.1, 0.15) is 16.7 Å². The molecule has 0 saturated carbocycles. The van der Waals surface area contributed by atoms with Gasteiger partial charge in [-0.25, -0.2) is 4.79 Å². The SMILES string of the molecule is N#Cc1cccc(/C=C(/C(=O)O)c2cccnc2)c1. The van der Waals surface area contributed by atoms with Crippen molar-refractivity contribution < 1.29 is 9.90 Å². The molecule has 2 rings (SSSR count). The highest BCUT2D eigenvalue weighted by molar-refractivity contribution is 6.20. The van der Waals surface area contributed by atoms with Crippen LogP contribution in [-0.4, -0.2) is 16.1 Å². The molecule has 0 amide bonds. The van der Waals surface area contributed by atoms with Gasteiger partial charge in [0.15, 0.2) is 0 Å². The minimum absolute atomic E-state index is 0.142. The molecule has 0 radical (unpaired) electrons. The minimum Gasteiger partial charge on any atom is -0.478 e. The molecule has 0 aliphatic rings. The summed E-state index contributed by atoms with van der Waals surface area (Å²) < 4.78 is 0. The van der Waals surface area contributed by atoms with Crippen LogP contribution in [0.2, 0.25) is 0 Å². The van der Waals surface area contributed by atoms with Crippen LogP contribution in [0.4, 0.5) is 0 Å². The van der Waals surface area contributed by atoms with Gasteiger partial charge < -0.3 is 5.11 Å². The van der Waals surface area contributed by atoms with E-state index in [4.69, 9.17) is 5.26 Å². The Kier molecular flexibility index (Phi) is 3.70. The lowest BCUT2D eigenvalue weighted by Gasteiger charge is -2.02. The molecule has 0 atom stereocenters. The third-order valence-corrected chi connectivity index (χ3v) is 2.53. The molecule has 0 aliphatic carbocycles. The van der Waals surface area contributed by atoms with Gasteiger partial charge in [-0.1, -0.05) is 18.2 Å². The second kappa shape index (κ2) is 5.61. The number of hydrogen-bond donors (Lipinski definition) is 1. The molecule has 0 unspecified atom stereocenters. The minimum atomic E-state index is -1.03. The number of aliphatic carboxylic acids is 1. The van der Waals surface area contributed by atoms with Gasteiger partial charge in [0.2, 0.25) is 0 Å². The van der Waals surface area contributed by atoms with Gasteiger partial charge in [0.25, 0.3) is 0 Å². The molecule has 0 spiro atoms. The van der Waals surface area contributed by atoms with E-state index in [0.717, 1.165) is 0 Å². The lowest BCUT2D eigenvalue weighted by molar-refractivity contribution is -0.130. The highest BCUT2D eigenvalue weighted by Crippen LogP contribution is 2.18. The third kappa shape index (κ3) is 3.05. The zero-order valence-electron chi connectivity index (χ0n) is 9.95. The summed E-state index contributed by atoms with van der Waals surface area (Å²) in [4.78, 5) is 15.2. The first-order chi connectivity index (χ1) is 9.20. The van der Waals surface area contributed by atoms with Crippen LogP contribution < -0.4 is 0 Å². The molecule has 19 heavy (non-hydrogen) atoms. The quantitative estimate of drug-likeness (QED) is 0.849. The van der Waals surface area contributed by atoms with Crippen molar-refractivity contribution in [2.24, 2.45) is 0 Å². The Morgan fingerprint density at radius 3 is 2.79 bits per heavy atom. The van der Waals surface area contributed by atoms with Gasteiger partial charge >= 0.3 is 5.97 Å². The molecule has 4 nitrogen and oxygen atoms in total. The number of pyridine rings is 1. The van der Waals surface area contributed by atoms with Gasteiger partial charge in [0.1, 0.15) is 0 Å². The standard InChI is InChI=1S/C15H10N2O2/c16-9-12-4-1-3-11(7-12)8-14(15(18)19)13-5-2-6-17-10-13/h1-8,10H,(H,18,19)/b14-8+. The summed E-state index contributed by atoms with van der Waals surface area (Å²) in [5.41, 5.74) is 1.82. The molecule has 1 heterocycles. The van der Waals surface area contributed by atoms with E-state index in [1.165, 1.54) is 12.3 Å². The molecular weight excluding hydrogens is 240 g/mol. The lowest BCUT2D eigenvalue weighted by Crippen LogP contribution is -1.99. The van der Waals surface area contributed by atoms with Crippen LogP contribution in [0.3, 0.4) is 0 Å².